The van der Waals surface area contributed by atoms with Gasteiger partial charge in [0.15, 0.2) is 17.3 Å². The predicted octanol–water partition coefficient (Wildman–Crippen LogP) is 12.3. The van der Waals surface area contributed by atoms with Gasteiger partial charge in [-0.05, 0) is 65.8 Å². The number of allylic oxidation sites excluding steroid dienone is 2. The minimum atomic E-state index is -1.69. The maximum Gasteiger partial charge on any atom is 0.195 e. The van der Waals surface area contributed by atoms with Crippen LogP contribution >= 0.6 is 0 Å². The van der Waals surface area contributed by atoms with Crippen LogP contribution in [0.2, 0.25) is 0 Å². The van der Waals surface area contributed by atoms with Crippen LogP contribution < -0.4 is 0 Å². The van der Waals surface area contributed by atoms with Gasteiger partial charge in [-0.25, -0.2) is 4.98 Å². The zero-order chi connectivity index (χ0) is 37.7. The van der Waals surface area contributed by atoms with Gasteiger partial charge in [0.2, 0.25) is 0 Å². The zero-order valence-corrected chi connectivity index (χ0v) is 33.8. The molecule has 5 rings (SSSR count). The number of hydrogen-bond acceptors (Lipinski definition) is 5. The van der Waals surface area contributed by atoms with Gasteiger partial charge in [0.05, 0.1) is 5.76 Å². The first kappa shape index (κ1) is 37.6. The number of aliphatic hydroxyl groups is 1. The molecule has 0 spiro atoms. The Labute approximate surface area is 316 Å². The molecule has 1 N–H and O–H groups in total. The van der Waals surface area contributed by atoms with Crippen LogP contribution in [0.4, 0.5) is 0 Å². The summed E-state index contributed by atoms with van der Waals surface area (Å²) in [6.45, 7) is 20.3. The number of rotatable bonds is 10. The Kier molecular flexibility index (Phi) is 13.2. The normalized spacial score (nSPS) is 13.2. The molecule has 0 bridgehead atoms. The largest absolute Gasteiger partial charge is 0.512 e. The summed E-state index contributed by atoms with van der Waals surface area (Å²) in [7, 11) is 0. The van der Waals surface area contributed by atoms with Gasteiger partial charge >= 0.3 is 0 Å². The number of aliphatic hydroxyl groups excluding tert-OH is 1. The molecule has 5 aromatic rings. The number of ketones is 1. The van der Waals surface area contributed by atoms with E-state index in [2.05, 4.69) is 67.1 Å². The molecule has 0 fully saturated rings. The molecular formula is C44H55IrN2O3-. The fourth-order valence-electron chi connectivity index (χ4n) is 6.00. The van der Waals surface area contributed by atoms with E-state index in [-0.39, 0.29) is 54.8 Å². The SMILES string of the molecule is CCC(CC)C(=O)/C=C(\O)C(CC)CC.[2H]C([2H])(c1nc2ccc(-c3ccnc(-c4[c-]c5ccccc5c(C(C)(C)C)c4)c3)cc2o1)C(C)(C)C.[Ir]. The Hall–Kier alpha value is -3.60. The van der Waals surface area contributed by atoms with Crippen LogP contribution in [0.15, 0.2) is 83.1 Å². The third kappa shape index (κ3) is 10.5. The van der Waals surface area contributed by atoms with Crippen molar-refractivity contribution in [3.63, 3.8) is 0 Å². The topological polar surface area (TPSA) is 76.2 Å². The van der Waals surface area contributed by atoms with E-state index in [9.17, 15) is 9.90 Å². The van der Waals surface area contributed by atoms with E-state index in [1.165, 1.54) is 17.0 Å². The molecule has 6 heteroatoms. The average molecular weight is 854 g/mol. The first-order chi connectivity index (χ1) is 23.9. The molecule has 0 aliphatic carbocycles. The maximum atomic E-state index is 11.7. The van der Waals surface area contributed by atoms with Crippen molar-refractivity contribution in [1.82, 2.24) is 9.97 Å². The monoisotopic (exact) mass is 854 g/mol. The number of hydrogen-bond donors (Lipinski definition) is 1. The second-order valence-corrected chi connectivity index (χ2v) is 14.9. The Balaban J connectivity index is 0.000000389. The van der Waals surface area contributed by atoms with Crippen molar-refractivity contribution in [1.29, 1.82) is 0 Å². The van der Waals surface area contributed by atoms with Crippen molar-refractivity contribution >= 4 is 27.7 Å². The summed E-state index contributed by atoms with van der Waals surface area (Å²) in [5.74, 6) is 0.657. The third-order valence-corrected chi connectivity index (χ3v) is 8.90. The van der Waals surface area contributed by atoms with E-state index >= 15 is 0 Å². The quantitative estimate of drug-likeness (QED) is 0.0860. The molecule has 50 heavy (non-hydrogen) atoms. The van der Waals surface area contributed by atoms with Gasteiger partial charge in [-0.1, -0.05) is 111 Å². The van der Waals surface area contributed by atoms with Crippen LogP contribution in [0.25, 0.3) is 44.3 Å². The zero-order valence-electron chi connectivity index (χ0n) is 33.4. The molecular weight excluding hydrogens is 797 g/mol. The van der Waals surface area contributed by atoms with Crippen LogP contribution in [-0.4, -0.2) is 20.9 Å². The number of fused-ring (bicyclic) bond motifs is 2. The summed E-state index contributed by atoms with van der Waals surface area (Å²) in [5.41, 5.74) is 5.60. The van der Waals surface area contributed by atoms with Gasteiger partial charge in [-0.3, -0.25) is 9.78 Å². The third-order valence-electron chi connectivity index (χ3n) is 8.90. The fourth-order valence-corrected chi connectivity index (χ4v) is 6.00. The number of oxazole rings is 1. The molecule has 0 atom stereocenters. The molecule has 1 radical (unpaired) electrons. The molecule has 0 saturated carbocycles. The molecule has 0 aliphatic heterocycles. The summed E-state index contributed by atoms with van der Waals surface area (Å²) in [5, 5.41) is 12.1. The summed E-state index contributed by atoms with van der Waals surface area (Å²) in [6.07, 6.45) is 5.04. The summed E-state index contributed by atoms with van der Waals surface area (Å²) >= 11 is 0. The number of benzene rings is 3. The molecule has 0 unspecified atom stereocenters. The predicted molar refractivity (Wildman–Crippen MR) is 205 cm³/mol. The minimum absolute atomic E-state index is 0. The van der Waals surface area contributed by atoms with Crippen LogP contribution in [0.3, 0.4) is 0 Å². The van der Waals surface area contributed by atoms with E-state index < -0.39 is 11.8 Å². The van der Waals surface area contributed by atoms with Crippen molar-refractivity contribution in [3.8, 4) is 22.4 Å². The number of carbonyl (C=O) groups is 1. The van der Waals surface area contributed by atoms with Gasteiger partial charge in [0, 0.05) is 59.0 Å². The summed E-state index contributed by atoms with van der Waals surface area (Å²) < 4.78 is 22.9. The molecule has 0 aliphatic rings. The van der Waals surface area contributed by atoms with Crippen LogP contribution in [0.5, 0.6) is 0 Å². The second-order valence-electron chi connectivity index (χ2n) is 14.9. The number of carbonyl (C=O) groups excluding carboxylic acids is 1. The van der Waals surface area contributed by atoms with Crippen molar-refractivity contribution < 1.29 is 37.2 Å². The number of aromatic nitrogens is 2. The molecule has 2 aromatic heterocycles. The van der Waals surface area contributed by atoms with E-state index in [0.29, 0.717) is 11.1 Å². The first-order valence-electron chi connectivity index (χ1n) is 18.7. The van der Waals surface area contributed by atoms with Crippen LogP contribution in [-0.2, 0) is 36.7 Å². The van der Waals surface area contributed by atoms with Crippen molar-refractivity contribution in [2.24, 2.45) is 17.3 Å². The Bertz CT molecular complexity index is 1990. The van der Waals surface area contributed by atoms with Crippen molar-refractivity contribution in [2.45, 2.75) is 107 Å². The van der Waals surface area contributed by atoms with Crippen molar-refractivity contribution in [3.05, 3.63) is 96.2 Å². The standard InChI is InChI=1S/C31H31N2O.C13H24O2.Ir/c1-30(2,3)19-29-33-26-12-11-20(18-28(26)34-29)21-13-14-32-27(17-21)23-15-22-9-7-8-10-24(22)25(16-23)31(4,5)6;1-5-10(6-2)12(14)9-13(15)11(7-3)8-4;/h7-14,16-18H,19H2,1-6H3;9-11,14H,5-8H2,1-4H3;/q-1;;/b;12-9-;/i19D2;;. The van der Waals surface area contributed by atoms with Gasteiger partial charge in [0.25, 0.3) is 0 Å². The maximum absolute atomic E-state index is 11.7. The van der Waals surface area contributed by atoms with E-state index in [0.717, 1.165) is 53.5 Å². The Morgan fingerprint density at radius 3 is 2.16 bits per heavy atom. The summed E-state index contributed by atoms with van der Waals surface area (Å²) in [4.78, 5) is 20.8. The first-order valence-corrected chi connectivity index (χ1v) is 17.7. The van der Waals surface area contributed by atoms with E-state index in [1.54, 1.807) is 0 Å². The van der Waals surface area contributed by atoms with Gasteiger partial charge < -0.3 is 9.52 Å². The number of pyridine rings is 1. The molecule has 3 aromatic carbocycles. The van der Waals surface area contributed by atoms with E-state index in [4.69, 9.17) is 7.16 Å². The van der Waals surface area contributed by atoms with Gasteiger partial charge in [-0.15, -0.1) is 29.1 Å². The van der Waals surface area contributed by atoms with Crippen LogP contribution in [0.1, 0.15) is 109 Å². The summed E-state index contributed by atoms with van der Waals surface area (Å²) in [6, 6.07) is 24.0. The van der Waals surface area contributed by atoms with Gasteiger partial charge in [-0.2, -0.15) is 0 Å². The van der Waals surface area contributed by atoms with Gasteiger partial charge in [0.1, 0.15) is 5.52 Å². The molecule has 0 saturated heterocycles. The smallest absolute Gasteiger partial charge is 0.195 e. The minimum Gasteiger partial charge on any atom is -0.512 e. The average Bonchev–Trinajstić information content (AvgIpc) is 3.53. The molecule has 269 valence electrons. The van der Waals surface area contributed by atoms with Crippen molar-refractivity contribution in [2.75, 3.05) is 0 Å². The number of nitrogens with zero attached hydrogens (tertiary/aromatic N) is 2. The molecule has 2 heterocycles. The fraction of sp³-hybridized carbons (Fsp3) is 0.432. The Morgan fingerprint density at radius 1 is 0.900 bits per heavy atom. The molecule has 0 amide bonds. The Morgan fingerprint density at radius 2 is 1.54 bits per heavy atom. The molecule has 5 nitrogen and oxygen atoms in total. The second kappa shape index (κ2) is 17.6. The van der Waals surface area contributed by atoms with Crippen LogP contribution in [0, 0.1) is 23.3 Å². The van der Waals surface area contributed by atoms with E-state index in [1.807, 2.05) is 85.0 Å².